The van der Waals surface area contributed by atoms with E-state index in [0.717, 1.165) is 52.4 Å². The van der Waals surface area contributed by atoms with E-state index in [0.29, 0.717) is 18.6 Å². The summed E-state index contributed by atoms with van der Waals surface area (Å²) < 4.78 is 10.8. The summed E-state index contributed by atoms with van der Waals surface area (Å²) >= 11 is 0. The van der Waals surface area contributed by atoms with Gasteiger partial charge in [0.15, 0.2) is 0 Å². The van der Waals surface area contributed by atoms with E-state index in [1.807, 2.05) is 0 Å². The van der Waals surface area contributed by atoms with Gasteiger partial charge in [-0.1, -0.05) is 0 Å². The molecule has 0 aliphatic carbocycles. The van der Waals surface area contributed by atoms with Crippen LogP contribution in [-0.4, -0.2) is 74.8 Å². The molecule has 5 nitrogen and oxygen atoms in total. The number of β-amino-alcohol motifs (C(OH)–C–C–N with tert-alkyl or cyclic N) is 1. The van der Waals surface area contributed by atoms with Crippen LogP contribution in [0.3, 0.4) is 0 Å². The minimum Gasteiger partial charge on any atom is -0.390 e. The van der Waals surface area contributed by atoms with Crippen molar-refractivity contribution in [3.8, 4) is 0 Å². The maximum absolute atomic E-state index is 9.97. The van der Waals surface area contributed by atoms with E-state index in [1.54, 1.807) is 0 Å². The summed E-state index contributed by atoms with van der Waals surface area (Å²) in [5.74, 6) is 0.598. The molecule has 0 spiro atoms. The third kappa shape index (κ3) is 4.48. The first-order valence-corrected chi connectivity index (χ1v) is 7.06. The van der Waals surface area contributed by atoms with Gasteiger partial charge in [-0.25, -0.2) is 0 Å². The van der Waals surface area contributed by atoms with Crippen molar-refractivity contribution in [1.82, 2.24) is 10.2 Å². The number of aliphatic hydroxyl groups excluding tert-OH is 1. The van der Waals surface area contributed by atoms with Gasteiger partial charge >= 0.3 is 0 Å². The fourth-order valence-corrected chi connectivity index (χ4v) is 2.63. The van der Waals surface area contributed by atoms with E-state index in [9.17, 15) is 5.11 Å². The van der Waals surface area contributed by atoms with Crippen molar-refractivity contribution in [3.05, 3.63) is 0 Å². The molecule has 2 fully saturated rings. The molecule has 2 heterocycles. The van der Waals surface area contributed by atoms with Crippen LogP contribution in [0.4, 0.5) is 0 Å². The smallest absolute Gasteiger partial charge is 0.0791 e. The summed E-state index contributed by atoms with van der Waals surface area (Å²) in [5.41, 5.74) is 0. The average Bonchev–Trinajstić information content (AvgIpc) is 2.76. The lowest BCUT2D eigenvalue weighted by atomic mass is 10.0. The van der Waals surface area contributed by atoms with E-state index < -0.39 is 0 Å². The van der Waals surface area contributed by atoms with Gasteiger partial charge in [0.1, 0.15) is 0 Å². The Morgan fingerprint density at radius 2 is 2.11 bits per heavy atom. The lowest BCUT2D eigenvalue weighted by Crippen LogP contribution is -2.44. The topological polar surface area (TPSA) is 54.0 Å². The maximum atomic E-state index is 9.97. The summed E-state index contributed by atoms with van der Waals surface area (Å²) in [6.45, 7) is 8.81. The van der Waals surface area contributed by atoms with Crippen molar-refractivity contribution < 1.29 is 14.6 Å². The SMILES string of the molecule is CC1OCCC1CNCC(O)CN1CCOCC1. The molecule has 2 aliphatic rings. The number of aliphatic hydroxyl groups is 1. The average molecular weight is 258 g/mol. The van der Waals surface area contributed by atoms with E-state index in [-0.39, 0.29) is 6.10 Å². The Balaban J connectivity index is 1.55. The highest BCUT2D eigenvalue weighted by atomic mass is 16.5. The molecule has 5 heteroatoms. The van der Waals surface area contributed by atoms with Crippen LogP contribution < -0.4 is 5.32 Å². The Morgan fingerprint density at radius 3 is 2.78 bits per heavy atom. The summed E-state index contributed by atoms with van der Waals surface area (Å²) in [4.78, 5) is 2.26. The van der Waals surface area contributed by atoms with Gasteiger partial charge in [-0.15, -0.1) is 0 Å². The second-order valence-corrected chi connectivity index (χ2v) is 5.35. The van der Waals surface area contributed by atoms with Crippen LogP contribution in [0.5, 0.6) is 0 Å². The largest absolute Gasteiger partial charge is 0.390 e. The second kappa shape index (κ2) is 7.40. The summed E-state index contributed by atoms with van der Waals surface area (Å²) in [7, 11) is 0. The number of rotatable bonds is 6. The van der Waals surface area contributed by atoms with Crippen molar-refractivity contribution in [2.24, 2.45) is 5.92 Å². The van der Waals surface area contributed by atoms with Gasteiger partial charge in [0.2, 0.25) is 0 Å². The molecule has 0 aromatic heterocycles. The van der Waals surface area contributed by atoms with Crippen molar-refractivity contribution in [3.63, 3.8) is 0 Å². The summed E-state index contributed by atoms with van der Waals surface area (Å²) in [5, 5.41) is 13.3. The number of morpholine rings is 1. The summed E-state index contributed by atoms with van der Waals surface area (Å²) in [6.07, 6.45) is 1.20. The Labute approximate surface area is 109 Å². The third-order valence-electron chi connectivity index (χ3n) is 3.89. The molecule has 0 saturated carbocycles. The molecule has 2 aliphatic heterocycles. The highest BCUT2D eigenvalue weighted by Crippen LogP contribution is 2.19. The van der Waals surface area contributed by atoms with E-state index in [1.165, 1.54) is 0 Å². The monoisotopic (exact) mass is 258 g/mol. The molecule has 3 atom stereocenters. The van der Waals surface area contributed by atoms with Gasteiger partial charge in [0.25, 0.3) is 0 Å². The van der Waals surface area contributed by atoms with E-state index in [4.69, 9.17) is 9.47 Å². The predicted molar refractivity (Wildman–Crippen MR) is 69.7 cm³/mol. The Morgan fingerprint density at radius 1 is 1.33 bits per heavy atom. The van der Waals surface area contributed by atoms with Crippen molar-refractivity contribution in [1.29, 1.82) is 0 Å². The molecule has 0 amide bonds. The second-order valence-electron chi connectivity index (χ2n) is 5.35. The molecule has 106 valence electrons. The fraction of sp³-hybridized carbons (Fsp3) is 1.00. The minimum atomic E-state index is -0.291. The van der Waals surface area contributed by atoms with Gasteiger partial charge in [-0.05, 0) is 19.3 Å². The summed E-state index contributed by atoms with van der Waals surface area (Å²) in [6, 6.07) is 0. The van der Waals surface area contributed by atoms with Gasteiger partial charge in [0, 0.05) is 39.3 Å². The molecular formula is C13H26N2O3. The predicted octanol–water partition coefficient (Wildman–Crippen LogP) is -0.306. The minimum absolute atomic E-state index is 0.291. The highest BCUT2D eigenvalue weighted by Gasteiger charge is 2.23. The first-order valence-electron chi connectivity index (χ1n) is 7.06. The van der Waals surface area contributed by atoms with Crippen LogP contribution in [0.1, 0.15) is 13.3 Å². The number of hydrogen-bond donors (Lipinski definition) is 2. The van der Waals surface area contributed by atoms with Crippen LogP contribution in [0.2, 0.25) is 0 Å². The molecule has 3 unspecified atom stereocenters. The normalized spacial score (nSPS) is 31.7. The lowest BCUT2D eigenvalue weighted by Gasteiger charge is -2.28. The first-order chi connectivity index (χ1) is 8.75. The molecular weight excluding hydrogens is 232 g/mol. The zero-order chi connectivity index (χ0) is 12.8. The Bertz CT molecular complexity index is 234. The number of hydrogen-bond acceptors (Lipinski definition) is 5. The quantitative estimate of drug-likeness (QED) is 0.685. The Hall–Kier alpha value is -0.200. The number of nitrogens with one attached hydrogen (secondary N) is 1. The molecule has 0 radical (unpaired) electrons. The maximum Gasteiger partial charge on any atom is 0.0791 e. The van der Waals surface area contributed by atoms with Crippen LogP contribution in [-0.2, 0) is 9.47 Å². The molecule has 2 N–H and O–H groups in total. The van der Waals surface area contributed by atoms with E-state index in [2.05, 4.69) is 17.1 Å². The highest BCUT2D eigenvalue weighted by molar-refractivity contribution is 4.76. The van der Waals surface area contributed by atoms with Gasteiger partial charge < -0.3 is 19.9 Å². The van der Waals surface area contributed by atoms with Gasteiger partial charge in [0.05, 0.1) is 25.4 Å². The van der Waals surface area contributed by atoms with Crippen molar-refractivity contribution in [2.75, 3.05) is 52.5 Å². The first kappa shape index (κ1) is 14.2. The van der Waals surface area contributed by atoms with Crippen LogP contribution in [0.25, 0.3) is 0 Å². The number of nitrogens with zero attached hydrogens (tertiary/aromatic N) is 1. The zero-order valence-electron chi connectivity index (χ0n) is 11.3. The van der Waals surface area contributed by atoms with E-state index >= 15 is 0 Å². The van der Waals surface area contributed by atoms with Crippen LogP contribution in [0, 0.1) is 5.92 Å². The molecule has 0 bridgehead atoms. The third-order valence-corrected chi connectivity index (χ3v) is 3.89. The zero-order valence-corrected chi connectivity index (χ0v) is 11.3. The lowest BCUT2D eigenvalue weighted by molar-refractivity contribution is 0.0146. The number of ether oxygens (including phenoxy) is 2. The molecule has 2 rings (SSSR count). The molecule has 0 aromatic carbocycles. The molecule has 2 saturated heterocycles. The van der Waals surface area contributed by atoms with Crippen LogP contribution >= 0.6 is 0 Å². The van der Waals surface area contributed by atoms with Crippen LogP contribution in [0.15, 0.2) is 0 Å². The fourth-order valence-electron chi connectivity index (χ4n) is 2.63. The molecule has 0 aromatic rings. The Kier molecular flexibility index (Phi) is 5.85. The van der Waals surface area contributed by atoms with Crippen molar-refractivity contribution >= 4 is 0 Å². The molecule has 18 heavy (non-hydrogen) atoms. The van der Waals surface area contributed by atoms with Gasteiger partial charge in [-0.2, -0.15) is 0 Å². The van der Waals surface area contributed by atoms with Gasteiger partial charge in [-0.3, -0.25) is 4.90 Å². The van der Waals surface area contributed by atoms with Crippen molar-refractivity contribution in [2.45, 2.75) is 25.6 Å². The standard InChI is InChI=1S/C13H26N2O3/c1-11-12(2-5-18-11)8-14-9-13(16)10-15-3-6-17-7-4-15/h11-14,16H,2-10H2,1H3.